The summed E-state index contributed by atoms with van der Waals surface area (Å²) in [6.45, 7) is 7.77. The number of nitrogens with zero attached hydrogens (tertiary/aromatic N) is 1. The Morgan fingerprint density at radius 3 is 2.20 bits per heavy atom. The monoisotopic (exact) mass is 296 g/mol. The van der Waals surface area contributed by atoms with E-state index in [0.717, 1.165) is 30.4 Å². The number of rotatable bonds is 2. The molecule has 0 amide bonds. The van der Waals surface area contributed by atoms with Gasteiger partial charge >= 0.3 is 0 Å². The number of piperidine rings is 1. The molecule has 0 spiro atoms. The fourth-order valence-corrected chi connectivity index (χ4v) is 5.00. The van der Waals surface area contributed by atoms with Crippen LogP contribution < -0.4 is 5.73 Å². The molecule has 2 atom stereocenters. The van der Waals surface area contributed by atoms with Crippen molar-refractivity contribution in [2.45, 2.75) is 63.9 Å². The van der Waals surface area contributed by atoms with E-state index in [2.05, 4.69) is 0 Å². The highest BCUT2D eigenvalue weighted by atomic mass is 32.2. The quantitative estimate of drug-likeness (QED) is 0.854. The van der Waals surface area contributed by atoms with Crippen LogP contribution in [0.15, 0.2) is 17.0 Å². The Morgan fingerprint density at radius 1 is 1.15 bits per heavy atom. The molecule has 1 aromatic rings. The first kappa shape index (κ1) is 15.3. The first-order chi connectivity index (χ1) is 9.25. The molecule has 5 heteroatoms. The molecule has 0 aromatic heterocycles. The van der Waals surface area contributed by atoms with Gasteiger partial charge in [-0.05, 0) is 63.8 Å². The van der Waals surface area contributed by atoms with Crippen molar-refractivity contribution in [1.29, 1.82) is 0 Å². The van der Waals surface area contributed by atoms with Crippen LogP contribution in [0.4, 0.5) is 5.69 Å². The topological polar surface area (TPSA) is 63.4 Å². The smallest absolute Gasteiger partial charge is 0.243 e. The molecule has 1 aromatic carbocycles. The molecule has 0 bridgehead atoms. The molecule has 1 aliphatic heterocycles. The van der Waals surface area contributed by atoms with Gasteiger partial charge in [-0.1, -0.05) is 6.42 Å². The van der Waals surface area contributed by atoms with Gasteiger partial charge in [-0.2, -0.15) is 4.31 Å². The van der Waals surface area contributed by atoms with Crippen LogP contribution in [0.1, 0.15) is 44.2 Å². The highest BCUT2D eigenvalue weighted by Crippen LogP contribution is 2.31. The van der Waals surface area contributed by atoms with Crippen LogP contribution >= 0.6 is 0 Å². The highest BCUT2D eigenvalue weighted by Gasteiger charge is 2.35. The second-order valence-electron chi connectivity index (χ2n) is 5.92. The summed E-state index contributed by atoms with van der Waals surface area (Å²) in [5.41, 5.74) is 8.34. The third kappa shape index (κ3) is 2.56. The van der Waals surface area contributed by atoms with Crippen molar-refractivity contribution in [1.82, 2.24) is 4.31 Å². The van der Waals surface area contributed by atoms with E-state index in [1.165, 1.54) is 0 Å². The largest absolute Gasteiger partial charge is 0.398 e. The summed E-state index contributed by atoms with van der Waals surface area (Å²) < 4.78 is 27.4. The number of hydrogen-bond acceptors (Lipinski definition) is 3. The summed E-state index contributed by atoms with van der Waals surface area (Å²) in [5.74, 6) is 0. The standard InChI is InChI=1S/C15H24N2O2S/c1-10-8-14(9-15(16)13(10)4)20(18,19)17-11(2)6-5-7-12(17)3/h8-9,11-12H,5-7,16H2,1-4H3/t11-,12+. The zero-order chi connectivity index (χ0) is 15.1. The van der Waals surface area contributed by atoms with Gasteiger partial charge in [0, 0.05) is 17.8 Å². The normalized spacial score (nSPS) is 24.8. The van der Waals surface area contributed by atoms with Crippen LogP contribution in [0.25, 0.3) is 0 Å². The van der Waals surface area contributed by atoms with Crippen molar-refractivity contribution in [3.05, 3.63) is 23.3 Å². The summed E-state index contributed by atoms with van der Waals surface area (Å²) in [6.07, 6.45) is 2.93. The average molecular weight is 296 g/mol. The molecule has 4 nitrogen and oxygen atoms in total. The van der Waals surface area contributed by atoms with E-state index in [1.54, 1.807) is 16.4 Å². The number of nitrogen functional groups attached to an aromatic ring is 1. The number of aryl methyl sites for hydroxylation is 1. The minimum atomic E-state index is -3.47. The number of anilines is 1. The minimum absolute atomic E-state index is 0.0478. The van der Waals surface area contributed by atoms with E-state index in [4.69, 9.17) is 5.73 Å². The Hall–Kier alpha value is -1.07. The summed E-state index contributed by atoms with van der Waals surface area (Å²) >= 11 is 0. The Morgan fingerprint density at radius 2 is 1.70 bits per heavy atom. The summed E-state index contributed by atoms with van der Waals surface area (Å²) in [6, 6.07) is 3.42. The van der Waals surface area contributed by atoms with Crippen LogP contribution in [-0.4, -0.2) is 24.8 Å². The Kier molecular flexibility index (Phi) is 4.12. The zero-order valence-electron chi connectivity index (χ0n) is 12.7. The second kappa shape index (κ2) is 5.37. The first-order valence-electron chi connectivity index (χ1n) is 7.15. The lowest BCUT2D eigenvalue weighted by Crippen LogP contribution is -2.47. The maximum atomic E-state index is 12.9. The molecule has 0 saturated carbocycles. The molecule has 2 rings (SSSR count). The van der Waals surface area contributed by atoms with Crippen molar-refractivity contribution in [2.75, 3.05) is 5.73 Å². The van der Waals surface area contributed by atoms with Gasteiger partial charge in [-0.25, -0.2) is 8.42 Å². The van der Waals surface area contributed by atoms with E-state index >= 15 is 0 Å². The summed E-state index contributed by atoms with van der Waals surface area (Å²) in [5, 5.41) is 0. The van der Waals surface area contributed by atoms with Gasteiger partial charge in [0.15, 0.2) is 0 Å². The number of sulfonamides is 1. The third-order valence-corrected chi connectivity index (χ3v) is 6.48. The lowest BCUT2D eigenvalue weighted by molar-refractivity contribution is 0.204. The van der Waals surface area contributed by atoms with Gasteiger partial charge < -0.3 is 5.73 Å². The molecule has 0 radical (unpaired) electrons. The molecule has 0 unspecified atom stereocenters. The van der Waals surface area contributed by atoms with Crippen LogP contribution in [0.3, 0.4) is 0 Å². The van der Waals surface area contributed by atoms with Crippen LogP contribution in [-0.2, 0) is 10.0 Å². The van der Waals surface area contributed by atoms with Gasteiger partial charge in [0.05, 0.1) is 4.90 Å². The molecule has 20 heavy (non-hydrogen) atoms. The maximum absolute atomic E-state index is 12.9. The van der Waals surface area contributed by atoms with Crippen molar-refractivity contribution in [3.8, 4) is 0 Å². The summed E-state index contributed by atoms with van der Waals surface area (Å²) in [4.78, 5) is 0.318. The van der Waals surface area contributed by atoms with Crippen LogP contribution in [0.2, 0.25) is 0 Å². The molecule has 1 fully saturated rings. The lowest BCUT2D eigenvalue weighted by Gasteiger charge is -2.37. The third-order valence-electron chi connectivity index (χ3n) is 4.37. The van der Waals surface area contributed by atoms with Crippen molar-refractivity contribution in [2.24, 2.45) is 0 Å². The Labute approximate surface area is 122 Å². The average Bonchev–Trinajstić information content (AvgIpc) is 2.34. The molecule has 112 valence electrons. The number of benzene rings is 1. The fraction of sp³-hybridized carbons (Fsp3) is 0.600. The van der Waals surface area contributed by atoms with E-state index in [1.807, 2.05) is 27.7 Å². The van der Waals surface area contributed by atoms with Crippen molar-refractivity contribution < 1.29 is 8.42 Å². The van der Waals surface area contributed by atoms with E-state index in [0.29, 0.717) is 10.6 Å². The van der Waals surface area contributed by atoms with Crippen LogP contribution in [0.5, 0.6) is 0 Å². The predicted octanol–water partition coefficient (Wildman–Crippen LogP) is 2.84. The van der Waals surface area contributed by atoms with Crippen molar-refractivity contribution in [3.63, 3.8) is 0 Å². The fourth-order valence-electron chi connectivity index (χ4n) is 2.99. The SMILES string of the molecule is Cc1cc(S(=O)(=O)N2[C@H](C)CCC[C@@H]2C)cc(N)c1C. The maximum Gasteiger partial charge on any atom is 0.243 e. The molecular weight excluding hydrogens is 272 g/mol. The second-order valence-corrected chi connectivity index (χ2v) is 7.76. The Bertz CT molecular complexity index is 577. The molecule has 1 aliphatic rings. The molecular formula is C15H24N2O2S. The van der Waals surface area contributed by atoms with E-state index in [-0.39, 0.29) is 12.1 Å². The lowest BCUT2D eigenvalue weighted by atomic mass is 10.0. The van der Waals surface area contributed by atoms with Crippen LogP contribution in [0, 0.1) is 13.8 Å². The zero-order valence-corrected chi connectivity index (χ0v) is 13.5. The van der Waals surface area contributed by atoms with Gasteiger partial charge in [-0.15, -0.1) is 0 Å². The minimum Gasteiger partial charge on any atom is -0.398 e. The molecule has 0 aliphatic carbocycles. The molecule has 2 N–H and O–H groups in total. The van der Waals surface area contributed by atoms with Crippen molar-refractivity contribution >= 4 is 15.7 Å². The van der Waals surface area contributed by atoms with E-state index < -0.39 is 10.0 Å². The van der Waals surface area contributed by atoms with Gasteiger partial charge in [0.1, 0.15) is 0 Å². The number of hydrogen-bond donors (Lipinski definition) is 1. The first-order valence-corrected chi connectivity index (χ1v) is 8.59. The predicted molar refractivity (Wildman–Crippen MR) is 82.1 cm³/mol. The molecule has 1 heterocycles. The summed E-state index contributed by atoms with van der Waals surface area (Å²) in [7, 11) is -3.47. The highest BCUT2D eigenvalue weighted by molar-refractivity contribution is 7.89. The van der Waals surface area contributed by atoms with E-state index in [9.17, 15) is 8.42 Å². The van der Waals surface area contributed by atoms with Gasteiger partial charge in [-0.3, -0.25) is 0 Å². The Balaban J connectivity index is 2.49. The van der Waals surface area contributed by atoms with Gasteiger partial charge in [0.2, 0.25) is 10.0 Å². The van der Waals surface area contributed by atoms with Gasteiger partial charge in [0.25, 0.3) is 0 Å². The molecule has 1 saturated heterocycles. The number of nitrogens with two attached hydrogens (primary N) is 1.